The topological polar surface area (TPSA) is 41.1 Å². The predicted octanol–water partition coefficient (Wildman–Crippen LogP) is 1.67. The molecular weight excluding hydrogens is 212 g/mol. The first kappa shape index (κ1) is 12.3. The molecule has 1 unspecified atom stereocenters. The van der Waals surface area contributed by atoms with Crippen LogP contribution in [0.2, 0.25) is 0 Å². The van der Waals surface area contributed by atoms with Gasteiger partial charge in [0, 0.05) is 19.3 Å². The van der Waals surface area contributed by atoms with Gasteiger partial charge in [0.25, 0.3) is 0 Å². The van der Waals surface area contributed by atoms with E-state index in [0.29, 0.717) is 6.04 Å². The van der Waals surface area contributed by atoms with Crippen LogP contribution >= 0.6 is 0 Å². The van der Waals surface area contributed by atoms with Gasteiger partial charge in [0.2, 0.25) is 0 Å². The van der Waals surface area contributed by atoms with Gasteiger partial charge in [0.15, 0.2) is 0 Å². The fraction of sp³-hybridized carbons (Fsp3) is 0.692. The fourth-order valence-corrected chi connectivity index (χ4v) is 2.42. The average molecular weight is 234 g/mol. The molecule has 1 saturated heterocycles. The van der Waals surface area contributed by atoms with Crippen LogP contribution in [-0.4, -0.2) is 36.1 Å². The Morgan fingerprint density at radius 3 is 2.94 bits per heavy atom. The van der Waals surface area contributed by atoms with Crippen molar-refractivity contribution in [2.45, 2.75) is 39.2 Å². The van der Waals surface area contributed by atoms with Crippen molar-refractivity contribution in [1.82, 2.24) is 15.3 Å². The van der Waals surface area contributed by atoms with E-state index in [-0.39, 0.29) is 0 Å². The van der Waals surface area contributed by atoms with Crippen LogP contribution < -0.4 is 10.2 Å². The molecule has 0 aliphatic carbocycles. The SMILES string of the molecule is Cc1cnc(C)c(N(C)C2CCCNCC2)n1. The summed E-state index contributed by atoms with van der Waals surface area (Å²) in [6, 6.07) is 0.583. The van der Waals surface area contributed by atoms with Gasteiger partial charge in [0.05, 0.1) is 11.4 Å². The molecule has 0 amide bonds. The maximum absolute atomic E-state index is 4.62. The minimum atomic E-state index is 0.583. The Hall–Kier alpha value is -1.16. The molecule has 0 radical (unpaired) electrons. The van der Waals surface area contributed by atoms with Crippen molar-refractivity contribution in [2.24, 2.45) is 0 Å². The fourth-order valence-electron chi connectivity index (χ4n) is 2.42. The van der Waals surface area contributed by atoms with Gasteiger partial charge in [-0.2, -0.15) is 0 Å². The van der Waals surface area contributed by atoms with Crippen LogP contribution in [0.25, 0.3) is 0 Å². The quantitative estimate of drug-likeness (QED) is 0.845. The molecule has 0 aromatic carbocycles. The third kappa shape index (κ3) is 2.94. The number of aromatic nitrogens is 2. The van der Waals surface area contributed by atoms with E-state index in [0.717, 1.165) is 30.3 Å². The van der Waals surface area contributed by atoms with Gasteiger partial charge in [-0.25, -0.2) is 4.98 Å². The number of anilines is 1. The number of hydrogen-bond donors (Lipinski definition) is 1. The predicted molar refractivity (Wildman–Crippen MR) is 70.4 cm³/mol. The molecule has 0 spiro atoms. The lowest BCUT2D eigenvalue weighted by atomic mass is 10.1. The van der Waals surface area contributed by atoms with E-state index >= 15 is 0 Å². The highest BCUT2D eigenvalue weighted by Crippen LogP contribution is 2.21. The molecule has 1 aliphatic rings. The van der Waals surface area contributed by atoms with E-state index in [2.05, 4.69) is 27.2 Å². The molecule has 1 aromatic heterocycles. The Balaban J connectivity index is 2.16. The molecule has 17 heavy (non-hydrogen) atoms. The summed E-state index contributed by atoms with van der Waals surface area (Å²) in [4.78, 5) is 11.3. The molecule has 1 N–H and O–H groups in total. The summed E-state index contributed by atoms with van der Waals surface area (Å²) in [5.74, 6) is 1.04. The van der Waals surface area contributed by atoms with Crippen molar-refractivity contribution in [3.8, 4) is 0 Å². The highest BCUT2D eigenvalue weighted by atomic mass is 15.2. The maximum atomic E-state index is 4.62. The summed E-state index contributed by atoms with van der Waals surface area (Å²) in [6.45, 7) is 6.28. The van der Waals surface area contributed by atoms with Crippen molar-refractivity contribution in [3.63, 3.8) is 0 Å². The van der Waals surface area contributed by atoms with Gasteiger partial charge in [-0.1, -0.05) is 0 Å². The maximum Gasteiger partial charge on any atom is 0.150 e. The molecule has 0 bridgehead atoms. The molecule has 2 heterocycles. The lowest BCUT2D eigenvalue weighted by Gasteiger charge is -2.29. The zero-order valence-corrected chi connectivity index (χ0v) is 11.0. The van der Waals surface area contributed by atoms with Crippen LogP contribution in [0.4, 0.5) is 5.82 Å². The Bertz CT molecular complexity index is 370. The third-order valence-corrected chi connectivity index (χ3v) is 3.48. The lowest BCUT2D eigenvalue weighted by Crippen LogP contribution is -2.33. The highest BCUT2D eigenvalue weighted by molar-refractivity contribution is 5.43. The van der Waals surface area contributed by atoms with Crippen molar-refractivity contribution >= 4 is 5.82 Å². The van der Waals surface area contributed by atoms with Gasteiger partial charge in [-0.05, 0) is 46.2 Å². The van der Waals surface area contributed by atoms with E-state index in [1.165, 1.54) is 19.3 Å². The molecule has 4 heteroatoms. The first-order valence-corrected chi connectivity index (χ1v) is 6.42. The molecule has 94 valence electrons. The monoisotopic (exact) mass is 234 g/mol. The molecule has 0 saturated carbocycles. The number of rotatable bonds is 2. The summed E-state index contributed by atoms with van der Waals surface area (Å²) in [6.07, 6.45) is 5.50. The molecule has 1 atom stereocenters. The Morgan fingerprint density at radius 2 is 2.12 bits per heavy atom. The second-order valence-corrected chi connectivity index (χ2v) is 4.87. The van der Waals surface area contributed by atoms with Gasteiger partial charge in [0.1, 0.15) is 5.82 Å². The molecule has 1 aliphatic heterocycles. The molecule has 2 rings (SSSR count). The van der Waals surface area contributed by atoms with Crippen LogP contribution in [0.15, 0.2) is 6.20 Å². The Kier molecular flexibility index (Phi) is 3.94. The molecular formula is C13H22N4. The van der Waals surface area contributed by atoms with E-state index in [4.69, 9.17) is 0 Å². The van der Waals surface area contributed by atoms with Gasteiger partial charge in [-0.3, -0.25) is 4.98 Å². The number of nitrogens with one attached hydrogen (secondary N) is 1. The Morgan fingerprint density at radius 1 is 1.29 bits per heavy atom. The van der Waals surface area contributed by atoms with Crippen LogP contribution in [0.1, 0.15) is 30.7 Å². The van der Waals surface area contributed by atoms with E-state index in [9.17, 15) is 0 Å². The highest BCUT2D eigenvalue weighted by Gasteiger charge is 2.19. The van der Waals surface area contributed by atoms with E-state index < -0.39 is 0 Å². The number of aryl methyl sites for hydroxylation is 2. The third-order valence-electron chi connectivity index (χ3n) is 3.48. The average Bonchev–Trinajstić information content (AvgIpc) is 2.60. The normalized spacial score (nSPS) is 21.0. The smallest absolute Gasteiger partial charge is 0.150 e. The van der Waals surface area contributed by atoms with Gasteiger partial charge < -0.3 is 10.2 Å². The van der Waals surface area contributed by atoms with Crippen molar-refractivity contribution in [2.75, 3.05) is 25.0 Å². The lowest BCUT2D eigenvalue weighted by molar-refractivity contribution is 0.560. The number of hydrogen-bond acceptors (Lipinski definition) is 4. The standard InChI is InChI=1S/C13H22N4/c1-10-9-15-11(2)13(16-10)17(3)12-5-4-7-14-8-6-12/h9,12,14H,4-8H2,1-3H3. The van der Waals surface area contributed by atoms with Crippen LogP contribution in [0.3, 0.4) is 0 Å². The first-order valence-electron chi connectivity index (χ1n) is 6.42. The van der Waals surface area contributed by atoms with E-state index in [1.807, 2.05) is 20.0 Å². The van der Waals surface area contributed by atoms with E-state index in [1.54, 1.807) is 0 Å². The molecule has 1 fully saturated rings. The summed E-state index contributed by atoms with van der Waals surface area (Å²) < 4.78 is 0. The zero-order chi connectivity index (χ0) is 12.3. The second kappa shape index (κ2) is 5.45. The summed E-state index contributed by atoms with van der Waals surface area (Å²) in [5.41, 5.74) is 2.01. The minimum Gasteiger partial charge on any atom is -0.355 e. The molecule has 4 nitrogen and oxygen atoms in total. The first-order chi connectivity index (χ1) is 8.18. The number of nitrogens with zero attached hydrogens (tertiary/aromatic N) is 3. The van der Waals surface area contributed by atoms with Crippen molar-refractivity contribution < 1.29 is 0 Å². The van der Waals surface area contributed by atoms with Crippen LogP contribution in [0.5, 0.6) is 0 Å². The summed E-state index contributed by atoms with van der Waals surface area (Å²) >= 11 is 0. The zero-order valence-electron chi connectivity index (χ0n) is 11.0. The second-order valence-electron chi connectivity index (χ2n) is 4.87. The molecule has 1 aromatic rings. The largest absolute Gasteiger partial charge is 0.355 e. The van der Waals surface area contributed by atoms with Gasteiger partial charge >= 0.3 is 0 Å². The van der Waals surface area contributed by atoms with Crippen molar-refractivity contribution in [1.29, 1.82) is 0 Å². The summed E-state index contributed by atoms with van der Waals surface area (Å²) in [5, 5.41) is 3.45. The minimum absolute atomic E-state index is 0.583. The summed E-state index contributed by atoms with van der Waals surface area (Å²) in [7, 11) is 2.15. The Labute approximate surface area is 103 Å². The van der Waals surface area contributed by atoms with Crippen molar-refractivity contribution in [3.05, 3.63) is 17.6 Å². The van der Waals surface area contributed by atoms with Gasteiger partial charge in [-0.15, -0.1) is 0 Å². The van der Waals surface area contributed by atoms with Crippen LogP contribution in [0, 0.1) is 13.8 Å². The van der Waals surface area contributed by atoms with Crippen LogP contribution in [-0.2, 0) is 0 Å².